The van der Waals surface area contributed by atoms with E-state index in [1.165, 1.54) is 5.56 Å². The Morgan fingerprint density at radius 3 is 2.29 bits per heavy atom. The summed E-state index contributed by atoms with van der Waals surface area (Å²) < 4.78 is 0. The molecule has 1 aromatic rings. The smallest absolute Gasteiger partial charge is 0.0359 e. The van der Waals surface area contributed by atoms with Gasteiger partial charge in [-0.05, 0) is 11.6 Å². The van der Waals surface area contributed by atoms with Crippen molar-refractivity contribution in [2.45, 2.75) is 26.4 Å². The van der Waals surface area contributed by atoms with E-state index >= 15 is 0 Å². The van der Waals surface area contributed by atoms with Gasteiger partial charge < -0.3 is 11.1 Å². The molecule has 0 heterocycles. The van der Waals surface area contributed by atoms with Gasteiger partial charge in [0.05, 0.1) is 0 Å². The normalized spacial score (nSPS) is 9.07. The quantitative estimate of drug-likeness (QED) is 0.793. The van der Waals surface area contributed by atoms with Gasteiger partial charge >= 0.3 is 0 Å². The summed E-state index contributed by atoms with van der Waals surface area (Å²) >= 11 is 0. The molecule has 0 unspecified atom stereocenters. The molecule has 0 saturated carbocycles. The minimum absolute atomic E-state index is 0. The molecule has 2 nitrogen and oxygen atoms in total. The molecule has 0 atom stereocenters. The first kappa shape index (κ1) is 16.0. The van der Waals surface area contributed by atoms with Gasteiger partial charge in [0.15, 0.2) is 0 Å². The molecular weight excluding hydrogens is 219 g/mol. The number of anilines is 1. The Hall–Kier alpha value is -0.440. The molecule has 0 bridgehead atoms. The van der Waals surface area contributed by atoms with Crippen LogP contribution in [0.5, 0.6) is 0 Å². The molecular formula is C10H18Cl2N2. The van der Waals surface area contributed by atoms with Crippen LogP contribution in [0.4, 0.5) is 5.69 Å². The van der Waals surface area contributed by atoms with Crippen LogP contribution in [0, 0.1) is 0 Å². The summed E-state index contributed by atoms with van der Waals surface area (Å²) in [6.07, 6.45) is 0. The number of para-hydroxylation sites is 1. The Morgan fingerprint density at radius 2 is 1.79 bits per heavy atom. The van der Waals surface area contributed by atoms with E-state index in [-0.39, 0.29) is 24.8 Å². The van der Waals surface area contributed by atoms with Crippen LogP contribution in [-0.4, -0.2) is 6.04 Å². The molecule has 14 heavy (non-hydrogen) atoms. The lowest BCUT2D eigenvalue weighted by molar-refractivity contribution is 0.589. The molecule has 3 N–H and O–H groups in total. The van der Waals surface area contributed by atoms with E-state index in [4.69, 9.17) is 5.73 Å². The Kier molecular flexibility index (Phi) is 9.05. The third kappa shape index (κ3) is 5.32. The van der Waals surface area contributed by atoms with Gasteiger partial charge in [0.1, 0.15) is 0 Å². The summed E-state index contributed by atoms with van der Waals surface area (Å²) in [4.78, 5) is 0. The van der Waals surface area contributed by atoms with Crippen molar-refractivity contribution in [1.29, 1.82) is 0 Å². The van der Waals surface area contributed by atoms with E-state index in [1.807, 2.05) is 24.3 Å². The molecule has 0 spiro atoms. The van der Waals surface area contributed by atoms with Gasteiger partial charge in [0, 0.05) is 18.3 Å². The highest BCUT2D eigenvalue weighted by Crippen LogP contribution is 2.09. The molecule has 0 radical (unpaired) electrons. The lowest BCUT2D eigenvalue weighted by atomic mass is 10.2. The second-order valence-electron chi connectivity index (χ2n) is 3.23. The third-order valence-corrected chi connectivity index (χ3v) is 1.76. The van der Waals surface area contributed by atoms with Crippen molar-refractivity contribution in [2.75, 3.05) is 5.73 Å². The maximum Gasteiger partial charge on any atom is 0.0359 e. The molecule has 1 rings (SSSR count). The number of hydrogen-bond donors (Lipinski definition) is 2. The molecule has 1 aromatic carbocycles. The summed E-state index contributed by atoms with van der Waals surface area (Å²) in [6, 6.07) is 8.44. The summed E-state index contributed by atoms with van der Waals surface area (Å²) in [6.45, 7) is 5.10. The maximum atomic E-state index is 5.77. The second-order valence-corrected chi connectivity index (χ2v) is 3.23. The largest absolute Gasteiger partial charge is 0.398 e. The molecule has 82 valence electrons. The zero-order valence-electron chi connectivity index (χ0n) is 8.49. The fourth-order valence-electron chi connectivity index (χ4n) is 1.01. The first-order valence-electron chi connectivity index (χ1n) is 4.27. The Morgan fingerprint density at radius 1 is 1.21 bits per heavy atom. The predicted octanol–water partition coefficient (Wildman–Crippen LogP) is 2.61. The lowest BCUT2D eigenvalue weighted by Gasteiger charge is -2.09. The van der Waals surface area contributed by atoms with Crippen LogP contribution >= 0.6 is 24.8 Å². The van der Waals surface area contributed by atoms with E-state index < -0.39 is 0 Å². The Labute approximate surface area is 98.1 Å². The van der Waals surface area contributed by atoms with Gasteiger partial charge in [-0.3, -0.25) is 0 Å². The standard InChI is InChI=1S/C10H16N2.2ClH/c1-8(2)12-7-9-5-3-4-6-10(9)11;;/h3-6,8,12H,7,11H2,1-2H3;2*1H. The fourth-order valence-corrected chi connectivity index (χ4v) is 1.01. The summed E-state index contributed by atoms with van der Waals surface area (Å²) in [5, 5.41) is 3.32. The minimum atomic E-state index is 0. The molecule has 0 saturated heterocycles. The van der Waals surface area contributed by atoms with E-state index in [2.05, 4.69) is 19.2 Å². The Bertz CT molecular complexity index is 252. The topological polar surface area (TPSA) is 38.0 Å². The number of halogens is 2. The van der Waals surface area contributed by atoms with E-state index in [0.29, 0.717) is 6.04 Å². The van der Waals surface area contributed by atoms with Crippen LogP contribution in [0.1, 0.15) is 19.4 Å². The highest BCUT2D eigenvalue weighted by molar-refractivity contribution is 5.85. The third-order valence-electron chi connectivity index (χ3n) is 1.76. The highest BCUT2D eigenvalue weighted by atomic mass is 35.5. The first-order valence-corrected chi connectivity index (χ1v) is 4.27. The Balaban J connectivity index is 0. The van der Waals surface area contributed by atoms with Crippen LogP contribution in [0.25, 0.3) is 0 Å². The van der Waals surface area contributed by atoms with Gasteiger partial charge in [-0.25, -0.2) is 0 Å². The van der Waals surface area contributed by atoms with Gasteiger partial charge in [-0.1, -0.05) is 32.0 Å². The van der Waals surface area contributed by atoms with Crippen molar-refractivity contribution in [3.63, 3.8) is 0 Å². The van der Waals surface area contributed by atoms with Crippen molar-refractivity contribution < 1.29 is 0 Å². The van der Waals surface area contributed by atoms with Gasteiger partial charge in [0.25, 0.3) is 0 Å². The molecule has 0 aromatic heterocycles. The molecule has 0 fully saturated rings. The summed E-state index contributed by atoms with van der Waals surface area (Å²) in [5.41, 5.74) is 7.81. The van der Waals surface area contributed by atoms with Crippen molar-refractivity contribution in [1.82, 2.24) is 5.32 Å². The van der Waals surface area contributed by atoms with Crippen molar-refractivity contribution in [3.8, 4) is 0 Å². The monoisotopic (exact) mass is 236 g/mol. The highest BCUT2D eigenvalue weighted by Gasteiger charge is 1.97. The average Bonchev–Trinajstić information content (AvgIpc) is 2.03. The average molecular weight is 237 g/mol. The van der Waals surface area contributed by atoms with E-state index in [9.17, 15) is 0 Å². The van der Waals surface area contributed by atoms with E-state index in [1.54, 1.807) is 0 Å². The predicted molar refractivity (Wildman–Crippen MR) is 67.3 cm³/mol. The van der Waals surface area contributed by atoms with Gasteiger partial charge in [0.2, 0.25) is 0 Å². The van der Waals surface area contributed by atoms with Gasteiger partial charge in [-0.2, -0.15) is 0 Å². The number of rotatable bonds is 3. The first-order chi connectivity index (χ1) is 5.70. The zero-order valence-corrected chi connectivity index (χ0v) is 10.1. The second kappa shape index (κ2) is 7.92. The zero-order chi connectivity index (χ0) is 8.97. The molecule has 0 aliphatic carbocycles. The fraction of sp³-hybridized carbons (Fsp3) is 0.400. The molecule has 0 amide bonds. The molecule has 0 aliphatic rings. The summed E-state index contributed by atoms with van der Waals surface area (Å²) in [7, 11) is 0. The van der Waals surface area contributed by atoms with Crippen molar-refractivity contribution >= 4 is 30.5 Å². The number of hydrogen-bond acceptors (Lipinski definition) is 2. The van der Waals surface area contributed by atoms with Crippen molar-refractivity contribution in [2.24, 2.45) is 0 Å². The van der Waals surface area contributed by atoms with Gasteiger partial charge in [-0.15, -0.1) is 24.8 Å². The number of nitrogens with two attached hydrogens (primary N) is 1. The minimum Gasteiger partial charge on any atom is -0.398 e. The van der Waals surface area contributed by atoms with Crippen molar-refractivity contribution in [3.05, 3.63) is 29.8 Å². The molecule has 0 aliphatic heterocycles. The summed E-state index contributed by atoms with van der Waals surface area (Å²) in [5.74, 6) is 0. The van der Waals surface area contributed by atoms with E-state index in [0.717, 1.165) is 12.2 Å². The lowest BCUT2D eigenvalue weighted by Crippen LogP contribution is -2.22. The molecule has 4 heteroatoms. The van der Waals surface area contributed by atoms with Crippen LogP contribution in [0.2, 0.25) is 0 Å². The SMILES string of the molecule is CC(C)NCc1ccccc1N.Cl.Cl. The van der Waals surface area contributed by atoms with Crippen LogP contribution in [-0.2, 0) is 6.54 Å². The van der Waals surface area contributed by atoms with Crippen LogP contribution < -0.4 is 11.1 Å². The maximum absolute atomic E-state index is 5.77. The number of nitrogens with one attached hydrogen (secondary N) is 1. The number of nitrogen functional groups attached to an aromatic ring is 1. The number of benzene rings is 1. The van der Waals surface area contributed by atoms with Crippen LogP contribution in [0.15, 0.2) is 24.3 Å². The van der Waals surface area contributed by atoms with Crippen LogP contribution in [0.3, 0.4) is 0 Å².